The van der Waals surface area contributed by atoms with Gasteiger partial charge < -0.3 is 15.0 Å². The lowest BCUT2D eigenvalue weighted by Gasteiger charge is -2.34. The maximum Gasteiger partial charge on any atom is 0.255 e. The van der Waals surface area contributed by atoms with Gasteiger partial charge in [-0.3, -0.25) is 9.59 Å². The zero-order chi connectivity index (χ0) is 20.8. The van der Waals surface area contributed by atoms with Crippen LogP contribution in [0.1, 0.15) is 68.1 Å². The monoisotopic (exact) mass is 430 g/mol. The van der Waals surface area contributed by atoms with E-state index in [1.807, 2.05) is 29.2 Å². The number of carbonyl (C=O) groups is 2. The minimum atomic E-state index is -0.0867. The summed E-state index contributed by atoms with van der Waals surface area (Å²) >= 11 is 1.72. The normalized spacial score (nSPS) is 25.3. The summed E-state index contributed by atoms with van der Waals surface area (Å²) in [4.78, 5) is 29.1. The van der Waals surface area contributed by atoms with Crippen LogP contribution in [0.3, 0.4) is 0 Å². The third-order valence-electron chi connectivity index (χ3n) is 6.60. The molecule has 1 aliphatic carbocycles. The van der Waals surface area contributed by atoms with Gasteiger partial charge >= 0.3 is 0 Å². The van der Waals surface area contributed by atoms with Crippen LogP contribution in [-0.2, 0) is 9.53 Å². The average Bonchev–Trinajstić information content (AvgIpc) is 3.32. The van der Waals surface area contributed by atoms with Crippen molar-refractivity contribution in [2.45, 2.75) is 74.8 Å². The van der Waals surface area contributed by atoms with Crippen LogP contribution in [0.2, 0.25) is 0 Å². The molecule has 1 aromatic rings. The second-order valence-electron chi connectivity index (χ2n) is 8.88. The predicted octanol–water partition coefficient (Wildman–Crippen LogP) is 4.26. The lowest BCUT2D eigenvalue weighted by Crippen LogP contribution is -2.48. The fourth-order valence-corrected chi connectivity index (χ4v) is 5.95. The summed E-state index contributed by atoms with van der Waals surface area (Å²) in [6, 6.07) is 8.20. The topological polar surface area (TPSA) is 58.6 Å². The van der Waals surface area contributed by atoms with E-state index >= 15 is 0 Å². The van der Waals surface area contributed by atoms with Gasteiger partial charge in [-0.1, -0.05) is 31.4 Å². The molecule has 3 fully saturated rings. The molecule has 0 bridgehead atoms. The van der Waals surface area contributed by atoms with Gasteiger partial charge in [0.2, 0.25) is 5.91 Å². The second kappa shape index (κ2) is 10.7. The van der Waals surface area contributed by atoms with Gasteiger partial charge in [0.05, 0.1) is 17.6 Å². The number of nitrogens with one attached hydrogen (secondary N) is 1. The Morgan fingerprint density at radius 1 is 1.03 bits per heavy atom. The Bertz CT molecular complexity index is 729. The molecule has 164 valence electrons. The van der Waals surface area contributed by atoms with Crippen LogP contribution in [0.25, 0.3) is 0 Å². The Morgan fingerprint density at radius 3 is 2.67 bits per heavy atom. The molecule has 2 heterocycles. The Hall–Kier alpha value is -1.53. The summed E-state index contributed by atoms with van der Waals surface area (Å²) in [5.74, 6) is 0.994. The van der Waals surface area contributed by atoms with Crippen LogP contribution in [0.5, 0.6) is 0 Å². The second-order valence-corrected chi connectivity index (χ2v) is 9.94. The molecule has 1 saturated carbocycles. The summed E-state index contributed by atoms with van der Waals surface area (Å²) in [5, 5.41) is 3.26. The van der Waals surface area contributed by atoms with Crippen molar-refractivity contribution < 1.29 is 14.3 Å². The maximum atomic E-state index is 13.3. The highest BCUT2D eigenvalue weighted by molar-refractivity contribution is 7.99. The van der Waals surface area contributed by atoms with Gasteiger partial charge in [0.15, 0.2) is 0 Å². The first-order chi connectivity index (χ1) is 14.7. The van der Waals surface area contributed by atoms with Crippen LogP contribution in [0.4, 0.5) is 0 Å². The van der Waals surface area contributed by atoms with E-state index < -0.39 is 0 Å². The number of benzene rings is 1. The number of amides is 2. The Kier molecular flexibility index (Phi) is 7.72. The molecule has 2 atom stereocenters. The van der Waals surface area contributed by atoms with Gasteiger partial charge in [0.25, 0.3) is 5.91 Å². The summed E-state index contributed by atoms with van der Waals surface area (Å²) in [6.45, 7) is 2.11. The summed E-state index contributed by atoms with van der Waals surface area (Å²) < 4.78 is 5.73. The number of piperidine rings is 1. The quantitative estimate of drug-likeness (QED) is 0.685. The Balaban J connectivity index is 1.36. The van der Waals surface area contributed by atoms with Gasteiger partial charge in [0, 0.05) is 36.4 Å². The van der Waals surface area contributed by atoms with Crippen LogP contribution in [-0.4, -0.2) is 54.3 Å². The molecule has 2 aliphatic heterocycles. The van der Waals surface area contributed by atoms with Crippen molar-refractivity contribution in [3.8, 4) is 0 Å². The van der Waals surface area contributed by atoms with E-state index in [9.17, 15) is 9.59 Å². The number of rotatable bonds is 6. The highest BCUT2D eigenvalue weighted by Crippen LogP contribution is 2.29. The molecule has 0 spiro atoms. The zero-order valence-electron chi connectivity index (χ0n) is 17.8. The highest BCUT2D eigenvalue weighted by atomic mass is 32.2. The average molecular weight is 431 g/mol. The largest absolute Gasteiger partial charge is 0.377 e. The maximum absolute atomic E-state index is 13.3. The van der Waals surface area contributed by atoms with Crippen molar-refractivity contribution >= 4 is 23.6 Å². The molecule has 2 unspecified atom stereocenters. The number of likely N-dealkylation sites (tertiary alicyclic amines) is 1. The molecule has 1 aromatic carbocycles. The molecule has 3 aliphatic rings. The molecule has 6 heteroatoms. The van der Waals surface area contributed by atoms with Gasteiger partial charge in [-0.05, 0) is 50.7 Å². The number of nitrogens with zero attached hydrogens (tertiary/aromatic N) is 1. The van der Waals surface area contributed by atoms with Crippen molar-refractivity contribution in [3.63, 3.8) is 0 Å². The van der Waals surface area contributed by atoms with Gasteiger partial charge in [-0.25, -0.2) is 0 Å². The van der Waals surface area contributed by atoms with Crippen molar-refractivity contribution in [3.05, 3.63) is 29.8 Å². The molecule has 30 heavy (non-hydrogen) atoms. The third kappa shape index (κ3) is 5.58. The van der Waals surface area contributed by atoms with Gasteiger partial charge in [0.1, 0.15) is 0 Å². The van der Waals surface area contributed by atoms with Crippen LogP contribution in [0, 0.1) is 5.92 Å². The molecule has 5 nitrogen and oxygen atoms in total. The lowest BCUT2D eigenvalue weighted by atomic mass is 9.93. The molecule has 4 rings (SSSR count). The fourth-order valence-electron chi connectivity index (χ4n) is 4.84. The molecule has 0 radical (unpaired) electrons. The molecular formula is C24H34N2O3S. The number of ether oxygens (including phenoxy) is 1. The lowest BCUT2D eigenvalue weighted by molar-refractivity contribution is -0.127. The van der Waals surface area contributed by atoms with Gasteiger partial charge in [-0.15, -0.1) is 11.8 Å². The summed E-state index contributed by atoms with van der Waals surface area (Å²) in [5.41, 5.74) is 0.758. The predicted molar refractivity (Wildman–Crippen MR) is 120 cm³/mol. The minimum absolute atomic E-state index is 0.0561. The SMILES string of the molecule is O=C(NC1CCCCC1)C1CCCN(C(=O)c2ccccc2SCC2CCCO2)C1. The number of hydrogen-bond donors (Lipinski definition) is 1. The Morgan fingerprint density at radius 2 is 1.87 bits per heavy atom. The van der Waals surface area contributed by atoms with Crippen molar-refractivity contribution in [1.29, 1.82) is 0 Å². The molecule has 2 amide bonds. The van der Waals surface area contributed by atoms with Gasteiger partial charge in [-0.2, -0.15) is 0 Å². The van der Waals surface area contributed by atoms with Crippen molar-refractivity contribution in [1.82, 2.24) is 10.2 Å². The smallest absolute Gasteiger partial charge is 0.255 e. The van der Waals surface area contributed by atoms with E-state index in [4.69, 9.17) is 4.74 Å². The Labute approximate surface area is 184 Å². The third-order valence-corrected chi connectivity index (χ3v) is 7.80. The molecule has 2 saturated heterocycles. The first kappa shape index (κ1) is 21.7. The number of carbonyl (C=O) groups excluding carboxylic acids is 2. The van der Waals surface area contributed by atoms with E-state index in [1.54, 1.807) is 11.8 Å². The number of thioether (sulfide) groups is 1. The van der Waals surface area contributed by atoms with Crippen LogP contribution >= 0.6 is 11.8 Å². The molecule has 0 aromatic heterocycles. The van der Waals surface area contributed by atoms with Crippen LogP contribution in [0.15, 0.2) is 29.2 Å². The zero-order valence-corrected chi connectivity index (χ0v) is 18.6. The minimum Gasteiger partial charge on any atom is -0.377 e. The van der Waals surface area contributed by atoms with E-state index in [1.165, 1.54) is 19.3 Å². The van der Waals surface area contributed by atoms with E-state index in [2.05, 4.69) is 5.32 Å². The summed E-state index contributed by atoms with van der Waals surface area (Å²) in [6.07, 6.45) is 10.2. The number of hydrogen-bond acceptors (Lipinski definition) is 4. The summed E-state index contributed by atoms with van der Waals surface area (Å²) in [7, 11) is 0. The van der Waals surface area contributed by atoms with E-state index in [0.717, 1.165) is 67.9 Å². The molecular weight excluding hydrogens is 396 g/mol. The van der Waals surface area contributed by atoms with Crippen molar-refractivity contribution in [2.24, 2.45) is 5.92 Å². The highest BCUT2D eigenvalue weighted by Gasteiger charge is 2.31. The standard InChI is InChI=1S/C24H34N2O3S/c27-23(25-19-9-2-1-3-10-19)18-8-6-14-26(16-18)24(28)21-12-4-5-13-22(21)30-17-20-11-7-15-29-20/h4-5,12-13,18-20H,1-3,6-11,14-17H2,(H,25,27). The first-order valence-corrected chi connectivity index (χ1v) is 12.6. The van der Waals surface area contributed by atoms with Crippen molar-refractivity contribution in [2.75, 3.05) is 25.4 Å². The van der Waals surface area contributed by atoms with Crippen LogP contribution < -0.4 is 5.32 Å². The molecule has 1 N–H and O–H groups in total. The van der Waals surface area contributed by atoms with E-state index in [0.29, 0.717) is 18.7 Å². The van der Waals surface area contributed by atoms with E-state index in [-0.39, 0.29) is 17.7 Å². The first-order valence-electron chi connectivity index (χ1n) is 11.6. The fraction of sp³-hybridized carbons (Fsp3) is 0.667.